The number of hydrogen-bond acceptors (Lipinski definition) is 2. The van der Waals surface area contributed by atoms with E-state index in [1.807, 2.05) is 0 Å². The van der Waals surface area contributed by atoms with Crippen LogP contribution in [0.5, 0.6) is 5.75 Å². The summed E-state index contributed by atoms with van der Waals surface area (Å²) in [6.45, 7) is 3.74. The minimum Gasteiger partial charge on any atom is -0.493 e. The van der Waals surface area contributed by atoms with Crippen LogP contribution in [0.3, 0.4) is 0 Å². The van der Waals surface area contributed by atoms with Crippen LogP contribution >= 0.6 is 11.8 Å². The van der Waals surface area contributed by atoms with E-state index in [-0.39, 0.29) is 23.1 Å². The number of unbranched alkanes of at least 4 members (excludes halogenated alkanes) is 3. The van der Waals surface area contributed by atoms with E-state index in [0.29, 0.717) is 37.2 Å². The van der Waals surface area contributed by atoms with Crippen LogP contribution in [0.2, 0.25) is 0 Å². The summed E-state index contributed by atoms with van der Waals surface area (Å²) in [5, 5.41) is 0. The predicted octanol–water partition coefficient (Wildman–Crippen LogP) is 6.60. The lowest BCUT2D eigenvalue weighted by Gasteiger charge is -2.15. The van der Waals surface area contributed by atoms with Crippen molar-refractivity contribution in [2.75, 3.05) is 12.4 Å². The van der Waals surface area contributed by atoms with Gasteiger partial charge in [0.15, 0.2) is 0 Å². The molecule has 0 atom stereocenters. The molecule has 0 fully saturated rings. The molecule has 25 heavy (non-hydrogen) atoms. The fourth-order valence-electron chi connectivity index (χ4n) is 2.36. The molecule has 1 nitrogen and oxygen atoms in total. The maximum absolute atomic E-state index is 12.6. The van der Waals surface area contributed by atoms with Gasteiger partial charge in [-0.2, -0.15) is 26.3 Å². The van der Waals surface area contributed by atoms with Crippen LogP contribution < -0.4 is 4.74 Å². The smallest absolute Gasteiger partial charge is 0.441 e. The van der Waals surface area contributed by atoms with E-state index in [1.54, 1.807) is 19.9 Å². The van der Waals surface area contributed by atoms with Gasteiger partial charge >= 0.3 is 11.7 Å². The quantitative estimate of drug-likeness (QED) is 0.348. The van der Waals surface area contributed by atoms with Gasteiger partial charge in [0.2, 0.25) is 0 Å². The molecule has 144 valence electrons. The molecule has 0 saturated heterocycles. The highest BCUT2D eigenvalue weighted by atomic mass is 32.2. The molecule has 0 aliphatic rings. The first-order chi connectivity index (χ1) is 11.5. The van der Waals surface area contributed by atoms with Crippen molar-refractivity contribution in [2.24, 2.45) is 0 Å². The monoisotopic (exact) mass is 388 g/mol. The lowest BCUT2D eigenvalue weighted by Crippen LogP contribution is -2.13. The Kier molecular flexibility index (Phi) is 8.44. The lowest BCUT2D eigenvalue weighted by molar-refractivity contribution is -0.127. The molecule has 8 heteroatoms. The third-order valence-corrected chi connectivity index (χ3v) is 4.41. The number of rotatable bonds is 9. The first-order valence-electron chi connectivity index (χ1n) is 7.98. The van der Waals surface area contributed by atoms with Gasteiger partial charge in [0.05, 0.1) is 13.0 Å². The Balaban J connectivity index is 2.36. The maximum atomic E-state index is 12.6. The second-order valence-corrected chi connectivity index (χ2v) is 7.05. The highest BCUT2D eigenvalue weighted by Crippen LogP contribution is 2.31. The molecule has 0 bridgehead atoms. The summed E-state index contributed by atoms with van der Waals surface area (Å²) in [7, 11) is 0. The van der Waals surface area contributed by atoms with Gasteiger partial charge in [0.1, 0.15) is 5.75 Å². The zero-order valence-corrected chi connectivity index (χ0v) is 15.0. The van der Waals surface area contributed by atoms with Gasteiger partial charge in [-0.15, -0.1) is 0 Å². The van der Waals surface area contributed by atoms with Crippen molar-refractivity contribution in [3.63, 3.8) is 0 Å². The first-order valence-corrected chi connectivity index (χ1v) is 8.97. The SMILES string of the molecule is Cc1cc(C)c(OCCCCCCSC(F)(F)F)cc1CC(F)(F)F. The second-order valence-electron chi connectivity index (χ2n) is 5.89. The van der Waals surface area contributed by atoms with Gasteiger partial charge in [-0.05, 0) is 49.4 Å². The lowest BCUT2D eigenvalue weighted by atomic mass is 10.0. The molecule has 0 N–H and O–H groups in total. The molecule has 0 unspecified atom stereocenters. The van der Waals surface area contributed by atoms with Crippen LogP contribution in [-0.2, 0) is 6.42 Å². The Hall–Kier alpha value is -1.05. The van der Waals surface area contributed by atoms with Gasteiger partial charge < -0.3 is 4.74 Å². The van der Waals surface area contributed by atoms with E-state index >= 15 is 0 Å². The standard InChI is InChI=1S/C17H22F6OS/c1-12-9-13(2)15(10-14(12)11-16(18,19)20)24-7-5-3-4-6-8-25-17(21,22)23/h9-10H,3-8,11H2,1-2H3. The van der Waals surface area contributed by atoms with Crippen molar-refractivity contribution in [1.29, 1.82) is 0 Å². The number of halogens is 6. The van der Waals surface area contributed by atoms with Gasteiger partial charge in [-0.1, -0.05) is 30.7 Å². The molecular formula is C17H22F6OS. The Morgan fingerprint density at radius 1 is 0.880 bits per heavy atom. The van der Waals surface area contributed by atoms with Crippen LogP contribution in [0.15, 0.2) is 12.1 Å². The summed E-state index contributed by atoms with van der Waals surface area (Å²) in [6, 6.07) is 3.10. The Morgan fingerprint density at radius 2 is 1.52 bits per heavy atom. The minimum atomic E-state index is -4.27. The van der Waals surface area contributed by atoms with E-state index in [1.165, 1.54) is 6.07 Å². The molecule has 0 aliphatic heterocycles. The summed E-state index contributed by atoms with van der Waals surface area (Å²) >= 11 is -0.0196. The third kappa shape index (κ3) is 9.87. The molecule has 0 amide bonds. The summed E-state index contributed by atoms with van der Waals surface area (Å²) in [5.74, 6) is 0.472. The van der Waals surface area contributed by atoms with E-state index in [0.717, 1.165) is 12.0 Å². The molecule has 0 aromatic heterocycles. The van der Waals surface area contributed by atoms with Crippen LogP contribution in [0, 0.1) is 13.8 Å². The number of thioether (sulfide) groups is 1. The van der Waals surface area contributed by atoms with Crippen molar-refractivity contribution < 1.29 is 31.1 Å². The van der Waals surface area contributed by atoms with Crippen LogP contribution in [0.1, 0.15) is 42.4 Å². The van der Waals surface area contributed by atoms with Crippen molar-refractivity contribution >= 4 is 11.8 Å². The van der Waals surface area contributed by atoms with Crippen molar-refractivity contribution in [1.82, 2.24) is 0 Å². The molecule has 0 saturated carbocycles. The van der Waals surface area contributed by atoms with Gasteiger partial charge in [-0.3, -0.25) is 0 Å². The highest BCUT2D eigenvalue weighted by Gasteiger charge is 2.29. The molecule has 0 heterocycles. The van der Waals surface area contributed by atoms with E-state index in [9.17, 15) is 26.3 Å². The van der Waals surface area contributed by atoms with Crippen LogP contribution in [0.25, 0.3) is 0 Å². The average Bonchev–Trinajstić information content (AvgIpc) is 2.43. The van der Waals surface area contributed by atoms with Gasteiger partial charge in [0, 0.05) is 5.75 Å². The topological polar surface area (TPSA) is 9.23 Å². The Morgan fingerprint density at radius 3 is 2.12 bits per heavy atom. The number of alkyl halides is 6. The first kappa shape index (κ1) is 22.0. The summed E-state index contributed by atoms with van der Waals surface area (Å²) < 4.78 is 79.1. The molecular weight excluding hydrogens is 366 g/mol. The number of benzene rings is 1. The molecule has 1 rings (SSSR count). The fourth-order valence-corrected chi connectivity index (χ4v) is 2.94. The second kappa shape index (κ2) is 9.59. The van der Waals surface area contributed by atoms with Gasteiger partial charge in [0.25, 0.3) is 0 Å². The summed E-state index contributed by atoms with van der Waals surface area (Å²) in [5.41, 5.74) is -2.65. The van der Waals surface area contributed by atoms with Gasteiger partial charge in [-0.25, -0.2) is 0 Å². The van der Waals surface area contributed by atoms with E-state index in [2.05, 4.69) is 0 Å². The Labute approximate surface area is 148 Å². The largest absolute Gasteiger partial charge is 0.493 e. The number of aryl methyl sites for hydroxylation is 2. The van der Waals surface area contributed by atoms with Crippen molar-refractivity contribution in [3.05, 3.63) is 28.8 Å². The number of hydrogen-bond donors (Lipinski definition) is 0. The van der Waals surface area contributed by atoms with E-state index < -0.39 is 18.1 Å². The zero-order chi connectivity index (χ0) is 19.1. The van der Waals surface area contributed by atoms with Crippen LogP contribution in [0.4, 0.5) is 26.3 Å². The fraction of sp³-hybridized carbons (Fsp3) is 0.647. The summed E-state index contributed by atoms with van der Waals surface area (Å²) in [6.07, 6.45) is -2.75. The van der Waals surface area contributed by atoms with Crippen LogP contribution in [-0.4, -0.2) is 24.0 Å². The minimum absolute atomic E-state index is 0.0196. The molecule has 0 radical (unpaired) electrons. The van der Waals surface area contributed by atoms with Crippen molar-refractivity contribution in [2.45, 2.75) is 57.6 Å². The zero-order valence-electron chi connectivity index (χ0n) is 14.2. The molecule has 0 aliphatic carbocycles. The number of ether oxygens (including phenoxy) is 1. The molecule has 1 aromatic carbocycles. The third-order valence-electron chi connectivity index (χ3n) is 3.59. The molecule has 0 spiro atoms. The predicted molar refractivity (Wildman–Crippen MR) is 88.2 cm³/mol. The maximum Gasteiger partial charge on any atom is 0.441 e. The van der Waals surface area contributed by atoms with E-state index in [4.69, 9.17) is 4.74 Å². The highest BCUT2D eigenvalue weighted by molar-refractivity contribution is 8.00. The Bertz CT molecular complexity index is 539. The summed E-state index contributed by atoms with van der Waals surface area (Å²) in [4.78, 5) is 0. The normalized spacial score (nSPS) is 12.5. The molecule has 1 aromatic rings. The average molecular weight is 388 g/mol. The van der Waals surface area contributed by atoms with Crippen molar-refractivity contribution in [3.8, 4) is 5.75 Å².